The average Bonchev–Trinajstić information content (AvgIpc) is 1.81. The first-order chi connectivity index (χ1) is 4.93. The highest BCUT2D eigenvalue weighted by Gasteiger charge is 2.39. The fourth-order valence-electron chi connectivity index (χ4n) is 1.77. The van der Waals surface area contributed by atoms with Crippen molar-refractivity contribution in [2.75, 3.05) is 0 Å². The number of aliphatic hydroxyl groups is 1. The third-order valence-electron chi connectivity index (χ3n) is 2.29. The molecular formula is C8H17NO2. The third kappa shape index (κ3) is 1.72. The minimum atomic E-state index is -0.543. The van der Waals surface area contributed by atoms with E-state index in [0.717, 1.165) is 6.42 Å². The average molecular weight is 159 g/mol. The van der Waals surface area contributed by atoms with Crippen LogP contribution < -0.4 is 5.73 Å². The van der Waals surface area contributed by atoms with Crippen LogP contribution in [0, 0.1) is 0 Å². The van der Waals surface area contributed by atoms with E-state index in [2.05, 4.69) is 0 Å². The summed E-state index contributed by atoms with van der Waals surface area (Å²) in [5, 5.41) is 9.57. The molecule has 3 heteroatoms. The van der Waals surface area contributed by atoms with Crippen molar-refractivity contribution >= 4 is 0 Å². The lowest BCUT2D eigenvalue weighted by Crippen LogP contribution is -2.59. The van der Waals surface area contributed by atoms with Gasteiger partial charge in [-0.1, -0.05) is 0 Å². The van der Waals surface area contributed by atoms with Crippen molar-refractivity contribution in [2.24, 2.45) is 5.73 Å². The summed E-state index contributed by atoms with van der Waals surface area (Å²) < 4.78 is 5.40. The number of rotatable bonds is 0. The third-order valence-corrected chi connectivity index (χ3v) is 2.29. The lowest BCUT2D eigenvalue weighted by molar-refractivity contribution is -0.135. The molecule has 0 aromatic carbocycles. The molecule has 0 spiro atoms. The molecule has 3 nitrogen and oxygen atoms in total. The monoisotopic (exact) mass is 159 g/mol. The Morgan fingerprint density at radius 1 is 1.55 bits per heavy atom. The molecule has 11 heavy (non-hydrogen) atoms. The zero-order chi connectivity index (χ0) is 8.65. The maximum atomic E-state index is 9.57. The Kier molecular flexibility index (Phi) is 2.23. The maximum Gasteiger partial charge on any atom is 0.0976 e. The van der Waals surface area contributed by atoms with Crippen LogP contribution >= 0.6 is 0 Å². The summed E-state index contributed by atoms with van der Waals surface area (Å²) in [6.45, 7) is 5.70. The number of hydrogen-bond donors (Lipinski definition) is 2. The molecule has 0 amide bonds. The van der Waals surface area contributed by atoms with E-state index in [-0.39, 0.29) is 12.2 Å². The summed E-state index contributed by atoms with van der Waals surface area (Å²) in [5.74, 6) is 0. The smallest absolute Gasteiger partial charge is 0.0976 e. The van der Waals surface area contributed by atoms with Gasteiger partial charge in [0.2, 0.25) is 0 Å². The van der Waals surface area contributed by atoms with Crippen LogP contribution in [0.2, 0.25) is 0 Å². The molecule has 1 aliphatic rings. The molecule has 3 N–H and O–H groups in total. The molecule has 0 saturated carbocycles. The Bertz CT molecular complexity index is 147. The highest BCUT2D eigenvalue weighted by atomic mass is 16.5. The molecule has 4 atom stereocenters. The van der Waals surface area contributed by atoms with Crippen LogP contribution in [0.3, 0.4) is 0 Å². The Morgan fingerprint density at radius 2 is 2.09 bits per heavy atom. The first-order valence-corrected chi connectivity index (χ1v) is 4.06. The summed E-state index contributed by atoms with van der Waals surface area (Å²) in [6.07, 6.45) is 0.189. The number of hydrogen-bond acceptors (Lipinski definition) is 3. The van der Waals surface area contributed by atoms with Gasteiger partial charge in [-0.05, 0) is 27.2 Å². The van der Waals surface area contributed by atoms with Crippen molar-refractivity contribution < 1.29 is 9.84 Å². The number of aliphatic hydroxyl groups excluding tert-OH is 1. The molecule has 1 heterocycles. The van der Waals surface area contributed by atoms with Crippen LogP contribution in [0.1, 0.15) is 27.2 Å². The number of ether oxygens (including phenoxy) is 1. The van der Waals surface area contributed by atoms with Crippen LogP contribution in [0.25, 0.3) is 0 Å². The van der Waals surface area contributed by atoms with Crippen molar-refractivity contribution in [3.05, 3.63) is 0 Å². The quantitative estimate of drug-likeness (QED) is 0.533. The van der Waals surface area contributed by atoms with E-state index in [1.54, 1.807) is 0 Å². The van der Waals surface area contributed by atoms with Crippen molar-refractivity contribution in [3.8, 4) is 0 Å². The summed E-state index contributed by atoms with van der Waals surface area (Å²) >= 11 is 0. The standard InChI is InChI=1S/C8H17NO2/c1-5-4-8(3,9)7(10)6(2)11-5/h5-7,10H,4,9H2,1-3H3. The first kappa shape index (κ1) is 8.97. The van der Waals surface area contributed by atoms with Crippen molar-refractivity contribution in [3.63, 3.8) is 0 Å². The second-order valence-electron chi connectivity index (χ2n) is 3.81. The fourth-order valence-corrected chi connectivity index (χ4v) is 1.77. The van der Waals surface area contributed by atoms with Crippen LogP contribution in [-0.4, -0.2) is 29.0 Å². The largest absolute Gasteiger partial charge is 0.389 e. The predicted octanol–water partition coefficient (Wildman–Crippen LogP) is 0.262. The molecule has 4 unspecified atom stereocenters. The zero-order valence-electron chi connectivity index (χ0n) is 7.37. The number of nitrogens with two attached hydrogens (primary N) is 1. The van der Waals surface area contributed by atoms with Gasteiger partial charge in [-0.3, -0.25) is 0 Å². The first-order valence-electron chi connectivity index (χ1n) is 4.06. The van der Waals surface area contributed by atoms with Gasteiger partial charge in [0, 0.05) is 5.54 Å². The van der Waals surface area contributed by atoms with Gasteiger partial charge in [-0.25, -0.2) is 0 Å². The van der Waals surface area contributed by atoms with Gasteiger partial charge in [-0.15, -0.1) is 0 Å². The van der Waals surface area contributed by atoms with Crippen molar-refractivity contribution in [2.45, 2.75) is 51.0 Å². The van der Waals surface area contributed by atoms with E-state index in [9.17, 15) is 5.11 Å². The summed E-state index contributed by atoms with van der Waals surface area (Å²) in [5.41, 5.74) is 5.38. The van der Waals surface area contributed by atoms with E-state index >= 15 is 0 Å². The van der Waals surface area contributed by atoms with Gasteiger partial charge < -0.3 is 15.6 Å². The SMILES string of the molecule is CC1CC(C)(N)C(O)C(C)O1. The summed E-state index contributed by atoms with van der Waals surface area (Å²) in [6, 6.07) is 0. The minimum Gasteiger partial charge on any atom is -0.389 e. The molecule has 0 aliphatic carbocycles. The van der Waals surface area contributed by atoms with E-state index in [1.165, 1.54) is 0 Å². The molecule has 0 bridgehead atoms. The Balaban J connectivity index is 2.67. The molecule has 1 aliphatic heterocycles. The Morgan fingerprint density at radius 3 is 2.55 bits per heavy atom. The van der Waals surface area contributed by atoms with Crippen LogP contribution in [0.15, 0.2) is 0 Å². The molecule has 1 saturated heterocycles. The minimum absolute atomic E-state index is 0.145. The summed E-state index contributed by atoms with van der Waals surface area (Å²) in [7, 11) is 0. The highest BCUT2D eigenvalue weighted by molar-refractivity contribution is 4.95. The van der Waals surface area contributed by atoms with E-state index < -0.39 is 11.6 Å². The molecule has 1 rings (SSSR count). The lowest BCUT2D eigenvalue weighted by Gasteiger charge is -2.42. The van der Waals surface area contributed by atoms with E-state index in [0.29, 0.717) is 0 Å². The molecule has 0 radical (unpaired) electrons. The van der Waals surface area contributed by atoms with E-state index in [1.807, 2.05) is 20.8 Å². The normalized spacial score (nSPS) is 52.6. The molecule has 0 aromatic heterocycles. The van der Waals surface area contributed by atoms with Crippen LogP contribution in [-0.2, 0) is 4.74 Å². The van der Waals surface area contributed by atoms with Gasteiger partial charge in [0.25, 0.3) is 0 Å². The fraction of sp³-hybridized carbons (Fsp3) is 1.00. The molecular weight excluding hydrogens is 142 g/mol. The second kappa shape index (κ2) is 2.73. The predicted molar refractivity (Wildman–Crippen MR) is 43.2 cm³/mol. The Labute approximate surface area is 67.5 Å². The van der Waals surface area contributed by atoms with Gasteiger partial charge in [-0.2, -0.15) is 0 Å². The van der Waals surface area contributed by atoms with Gasteiger partial charge in [0.15, 0.2) is 0 Å². The van der Waals surface area contributed by atoms with Gasteiger partial charge >= 0.3 is 0 Å². The topological polar surface area (TPSA) is 55.5 Å². The highest BCUT2D eigenvalue weighted by Crippen LogP contribution is 2.26. The second-order valence-corrected chi connectivity index (χ2v) is 3.81. The summed E-state index contributed by atoms with van der Waals surface area (Å²) in [4.78, 5) is 0. The maximum absolute atomic E-state index is 9.57. The lowest BCUT2D eigenvalue weighted by atomic mass is 9.84. The molecule has 66 valence electrons. The van der Waals surface area contributed by atoms with E-state index in [4.69, 9.17) is 10.5 Å². The molecule has 0 aromatic rings. The van der Waals surface area contributed by atoms with Gasteiger partial charge in [0.05, 0.1) is 18.3 Å². The molecule has 1 fully saturated rings. The van der Waals surface area contributed by atoms with Crippen molar-refractivity contribution in [1.82, 2.24) is 0 Å². The Hall–Kier alpha value is -0.120. The van der Waals surface area contributed by atoms with Crippen molar-refractivity contribution in [1.29, 1.82) is 0 Å². The van der Waals surface area contributed by atoms with Crippen LogP contribution in [0.4, 0.5) is 0 Å². The van der Waals surface area contributed by atoms with Gasteiger partial charge in [0.1, 0.15) is 0 Å². The van der Waals surface area contributed by atoms with Crippen LogP contribution in [0.5, 0.6) is 0 Å². The zero-order valence-corrected chi connectivity index (χ0v) is 7.37.